The van der Waals surface area contributed by atoms with Gasteiger partial charge in [-0.1, -0.05) is 0 Å². The fourth-order valence-electron chi connectivity index (χ4n) is 1.23. The Morgan fingerprint density at radius 3 is 3.07 bits per heavy atom. The van der Waals surface area contributed by atoms with Crippen LogP contribution >= 0.6 is 0 Å². The molecule has 0 aliphatic carbocycles. The molecule has 0 aromatic carbocycles. The zero-order valence-electron chi connectivity index (χ0n) is 7.57. The number of methoxy groups -OCH3 is 1. The van der Waals surface area contributed by atoms with Gasteiger partial charge in [-0.2, -0.15) is 0 Å². The van der Waals surface area contributed by atoms with E-state index in [2.05, 4.69) is 9.97 Å². The van der Waals surface area contributed by atoms with E-state index in [0.29, 0.717) is 16.8 Å². The van der Waals surface area contributed by atoms with Crippen LogP contribution in [0.2, 0.25) is 0 Å². The summed E-state index contributed by atoms with van der Waals surface area (Å²) in [5.41, 5.74) is 0.621. The van der Waals surface area contributed by atoms with Gasteiger partial charge in [0.15, 0.2) is 5.43 Å². The van der Waals surface area contributed by atoms with Gasteiger partial charge in [0.2, 0.25) is 5.88 Å². The van der Waals surface area contributed by atoms with Crippen LogP contribution in [0.15, 0.2) is 23.3 Å². The number of fused-ring (bicyclic) bond motifs is 1. The smallest absolute Gasteiger partial charge is 0.213 e. The lowest BCUT2D eigenvalue weighted by Crippen LogP contribution is -2.25. The first-order valence-electron chi connectivity index (χ1n) is 4.03. The Morgan fingerprint density at radius 2 is 2.36 bits per heavy atom. The standard InChI is InChI=1S/C9H7BN2O2/c1-14-8-2-5-7(4-12-8)11-3-6(10)9(5)13/h2-4H,1H3,(H,11,13). The third-order valence-electron chi connectivity index (χ3n) is 1.98. The summed E-state index contributed by atoms with van der Waals surface area (Å²) in [6.45, 7) is 0. The van der Waals surface area contributed by atoms with Gasteiger partial charge < -0.3 is 9.72 Å². The molecule has 0 unspecified atom stereocenters. The second kappa shape index (κ2) is 3.18. The summed E-state index contributed by atoms with van der Waals surface area (Å²) in [6, 6.07) is 1.56. The molecule has 0 amide bonds. The van der Waals surface area contributed by atoms with Crippen molar-refractivity contribution in [1.29, 1.82) is 0 Å². The molecule has 2 radical (unpaired) electrons. The maximum Gasteiger partial charge on any atom is 0.213 e. The topological polar surface area (TPSA) is 55.0 Å². The largest absolute Gasteiger partial charge is 0.481 e. The highest BCUT2D eigenvalue weighted by Crippen LogP contribution is 2.11. The minimum atomic E-state index is -0.209. The second-order valence-corrected chi connectivity index (χ2v) is 2.85. The lowest BCUT2D eigenvalue weighted by atomic mass is 9.97. The predicted molar refractivity (Wildman–Crippen MR) is 54.3 cm³/mol. The van der Waals surface area contributed by atoms with Crippen molar-refractivity contribution in [3.8, 4) is 5.88 Å². The molecule has 4 nitrogen and oxygen atoms in total. The number of pyridine rings is 2. The van der Waals surface area contributed by atoms with E-state index in [0.717, 1.165) is 0 Å². The first kappa shape index (κ1) is 8.81. The quantitative estimate of drug-likeness (QED) is 0.623. The van der Waals surface area contributed by atoms with Crippen molar-refractivity contribution in [2.24, 2.45) is 0 Å². The van der Waals surface area contributed by atoms with Gasteiger partial charge in [-0.05, 0) is 11.7 Å². The van der Waals surface area contributed by atoms with Crippen molar-refractivity contribution >= 4 is 24.2 Å². The number of hydrogen-bond donors (Lipinski definition) is 1. The number of rotatable bonds is 1. The molecule has 0 spiro atoms. The normalized spacial score (nSPS) is 10.4. The summed E-state index contributed by atoms with van der Waals surface area (Å²) in [6.07, 6.45) is 2.99. The highest BCUT2D eigenvalue weighted by Gasteiger charge is 2.03. The van der Waals surface area contributed by atoms with E-state index in [4.69, 9.17) is 12.6 Å². The maximum absolute atomic E-state index is 11.6. The number of aromatic amines is 1. The zero-order chi connectivity index (χ0) is 10.1. The van der Waals surface area contributed by atoms with Gasteiger partial charge in [-0.3, -0.25) is 4.79 Å². The molecular formula is C9H7BN2O2. The molecular weight excluding hydrogens is 179 g/mol. The first-order valence-corrected chi connectivity index (χ1v) is 4.03. The van der Waals surface area contributed by atoms with E-state index < -0.39 is 0 Å². The first-order chi connectivity index (χ1) is 6.72. The zero-order valence-corrected chi connectivity index (χ0v) is 7.57. The molecule has 0 saturated carbocycles. The number of aromatic nitrogens is 2. The average Bonchev–Trinajstić information content (AvgIpc) is 2.23. The van der Waals surface area contributed by atoms with Crippen molar-refractivity contribution in [3.63, 3.8) is 0 Å². The third kappa shape index (κ3) is 1.27. The molecule has 0 aliphatic heterocycles. The predicted octanol–water partition coefficient (Wildman–Crippen LogP) is -0.274. The lowest BCUT2D eigenvalue weighted by molar-refractivity contribution is 0.398. The van der Waals surface area contributed by atoms with Gasteiger partial charge >= 0.3 is 0 Å². The van der Waals surface area contributed by atoms with Crippen LogP contribution in [0.1, 0.15) is 0 Å². The van der Waals surface area contributed by atoms with Gasteiger partial charge in [0, 0.05) is 6.07 Å². The lowest BCUT2D eigenvalue weighted by Gasteiger charge is -2.01. The van der Waals surface area contributed by atoms with Crippen molar-refractivity contribution in [2.45, 2.75) is 0 Å². The molecule has 0 bridgehead atoms. The van der Waals surface area contributed by atoms with Gasteiger partial charge in [-0.15, -0.1) is 0 Å². The van der Waals surface area contributed by atoms with E-state index in [1.807, 2.05) is 0 Å². The summed E-state index contributed by atoms with van der Waals surface area (Å²) >= 11 is 0. The highest BCUT2D eigenvalue weighted by atomic mass is 16.5. The summed E-state index contributed by atoms with van der Waals surface area (Å²) in [4.78, 5) is 18.4. The van der Waals surface area contributed by atoms with E-state index in [1.165, 1.54) is 19.5 Å². The van der Waals surface area contributed by atoms with Crippen LogP contribution in [0.25, 0.3) is 10.9 Å². The summed E-state index contributed by atoms with van der Waals surface area (Å²) in [7, 11) is 6.97. The molecule has 0 aliphatic rings. The molecule has 14 heavy (non-hydrogen) atoms. The van der Waals surface area contributed by atoms with Crippen LogP contribution in [0, 0.1) is 0 Å². The SMILES string of the molecule is [B]c1c[nH]c2cnc(OC)cc2c1=O. The number of ether oxygens (including phenoxy) is 1. The van der Waals surface area contributed by atoms with Crippen LogP contribution < -0.4 is 15.6 Å². The van der Waals surface area contributed by atoms with Gasteiger partial charge in [-0.25, -0.2) is 4.98 Å². The van der Waals surface area contributed by atoms with Crippen LogP contribution in [0.4, 0.5) is 0 Å². The van der Waals surface area contributed by atoms with Gasteiger partial charge in [0.25, 0.3) is 0 Å². The van der Waals surface area contributed by atoms with Crippen LogP contribution in [-0.4, -0.2) is 24.9 Å². The van der Waals surface area contributed by atoms with Crippen LogP contribution in [-0.2, 0) is 0 Å². The minimum absolute atomic E-state index is 0.186. The molecule has 0 atom stereocenters. The molecule has 1 N–H and O–H groups in total. The Bertz CT molecular complexity index is 536. The van der Waals surface area contributed by atoms with E-state index in [1.54, 1.807) is 6.07 Å². The number of nitrogens with zero attached hydrogens (tertiary/aromatic N) is 1. The maximum atomic E-state index is 11.6. The van der Waals surface area contributed by atoms with Crippen molar-refractivity contribution < 1.29 is 4.74 Å². The fraction of sp³-hybridized carbons (Fsp3) is 0.111. The Kier molecular flexibility index (Phi) is 2.00. The Hall–Kier alpha value is -1.78. The number of nitrogens with one attached hydrogen (secondary N) is 1. The Balaban J connectivity index is 2.85. The van der Waals surface area contributed by atoms with Gasteiger partial charge in [0.1, 0.15) is 7.85 Å². The molecule has 68 valence electrons. The van der Waals surface area contributed by atoms with Crippen LogP contribution in [0.5, 0.6) is 5.88 Å². The summed E-state index contributed by atoms with van der Waals surface area (Å²) in [5, 5.41) is 0.483. The van der Waals surface area contributed by atoms with E-state index >= 15 is 0 Å². The monoisotopic (exact) mass is 186 g/mol. The fourth-order valence-corrected chi connectivity index (χ4v) is 1.23. The van der Waals surface area contributed by atoms with Crippen molar-refractivity contribution in [1.82, 2.24) is 9.97 Å². The second-order valence-electron chi connectivity index (χ2n) is 2.85. The number of hydrogen-bond acceptors (Lipinski definition) is 3. The van der Waals surface area contributed by atoms with Crippen LogP contribution in [0.3, 0.4) is 0 Å². The number of H-pyrrole nitrogens is 1. The molecule has 2 heterocycles. The Labute approximate surface area is 81.3 Å². The van der Waals surface area contributed by atoms with Crippen molar-refractivity contribution in [2.75, 3.05) is 7.11 Å². The molecule has 2 rings (SSSR count). The molecule has 2 aromatic rings. The molecule has 0 saturated heterocycles. The molecule has 0 fully saturated rings. The summed E-state index contributed by atoms with van der Waals surface area (Å²) in [5.74, 6) is 0.397. The van der Waals surface area contributed by atoms with E-state index in [-0.39, 0.29) is 10.9 Å². The molecule has 2 aromatic heterocycles. The third-order valence-corrected chi connectivity index (χ3v) is 1.98. The Morgan fingerprint density at radius 1 is 1.57 bits per heavy atom. The average molecular weight is 186 g/mol. The van der Waals surface area contributed by atoms with Crippen molar-refractivity contribution in [3.05, 3.63) is 28.7 Å². The van der Waals surface area contributed by atoms with E-state index in [9.17, 15) is 4.79 Å². The highest BCUT2D eigenvalue weighted by molar-refractivity contribution is 6.32. The summed E-state index contributed by atoms with van der Waals surface area (Å²) < 4.78 is 4.91. The van der Waals surface area contributed by atoms with Gasteiger partial charge in [0.05, 0.1) is 24.2 Å². The molecule has 5 heteroatoms. The minimum Gasteiger partial charge on any atom is -0.481 e.